The highest BCUT2D eigenvalue weighted by Gasteiger charge is 2.16. The average Bonchev–Trinajstić information content (AvgIpc) is 3.23. The molecule has 0 saturated carbocycles. The molecule has 7 nitrogen and oxygen atoms in total. The van der Waals surface area contributed by atoms with Crippen molar-refractivity contribution in [2.24, 2.45) is 7.05 Å². The van der Waals surface area contributed by atoms with Crippen molar-refractivity contribution >= 4 is 44.4 Å². The normalized spacial score (nSPS) is 11.2. The van der Waals surface area contributed by atoms with Crippen molar-refractivity contribution in [3.05, 3.63) is 36.2 Å². The standard InChI is InChI=1S/C18H18N6OS/c1-10(25)20-8-11-4-6-12(7-5-11)17-22-14-15-13(21-9-24(15)3)16(19-2)23-18(14)26-17/h4-7,9H,8H2,1-3H3,(H,19,23)(H,20,25). The number of rotatable bonds is 4. The maximum Gasteiger partial charge on any atom is 0.217 e. The predicted molar refractivity (Wildman–Crippen MR) is 104 cm³/mol. The molecule has 0 radical (unpaired) electrons. The molecule has 4 aromatic rings. The number of fused-ring (bicyclic) bond motifs is 3. The van der Waals surface area contributed by atoms with E-state index in [2.05, 4.69) is 20.6 Å². The molecule has 1 amide bonds. The SMILES string of the molecule is CNc1nc2sc(-c3ccc(CNC(C)=O)cc3)nc2c2c1ncn2C. The molecule has 4 rings (SSSR count). The van der Waals surface area contributed by atoms with E-state index in [4.69, 9.17) is 4.98 Å². The highest BCUT2D eigenvalue weighted by molar-refractivity contribution is 7.21. The van der Waals surface area contributed by atoms with Crippen LogP contribution in [0.15, 0.2) is 30.6 Å². The number of imidazole rings is 1. The molecule has 0 spiro atoms. The summed E-state index contributed by atoms with van der Waals surface area (Å²) in [7, 11) is 3.81. The molecule has 0 aliphatic carbocycles. The molecular formula is C18H18N6OS. The van der Waals surface area contributed by atoms with E-state index in [-0.39, 0.29) is 5.91 Å². The van der Waals surface area contributed by atoms with E-state index in [0.29, 0.717) is 6.54 Å². The van der Waals surface area contributed by atoms with E-state index in [1.54, 1.807) is 17.7 Å². The Hall–Kier alpha value is -3.00. The predicted octanol–water partition coefficient (Wildman–Crippen LogP) is 2.92. The van der Waals surface area contributed by atoms with Crippen LogP contribution in [-0.2, 0) is 18.4 Å². The quantitative estimate of drug-likeness (QED) is 0.580. The number of amides is 1. The number of thiazole rings is 1. The van der Waals surface area contributed by atoms with E-state index in [1.807, 2.05) is 42.9 Å². The van der Waals surface area contributed by atoms with Gasteiger partial charge in [-0.25, -0.2) is 15.0 Å². The third kappa shape index (κ3) is 2.78. The summed E-state index contributed by atoms with van der Waals surface area (Å²) >= 11 is 1.56. The van der Waals surface area contributed by atoms with Crippen LogP contribution in [0, 0.1) is 0 Å². The zero-order chi connectivity index (χ0) is 18.3. The largest absolute Gasteiger partial charge is 0.371 e. The second kappa shape index (κ2) is 6.38. The zero-order valence-corrected chi connectivity index (χ0v) is 15.5. The van der Waals surface area contributed by atoms with Crippen molar-refractivity contribution in [3.8, 4) is 10.6 Å². The number of nitrogens with one attached hydrogen (secondary N) is 2. The van der Waals surface area contributed by atoms with E-state index < -0.39 is 0 Å². The fourth-order valence-electron chi connectivity index (χ4n) is 2.87. The van der Waals surface area contributed by atoms with Crippen molar-refractivity contribution in [1.82, 2.24) is 24.8 Å². The maximum atomic E-state index is 11.0. The van der Waals surface area contributed by atoms with E-state index in [0.717, 1.165) is 43.3 Å². The first-order valence-corrected chi connectivity index (χ1v) is 9.01. The Bertz CT molecular complexity index is 1110. The highest BCUT2D eigenvalue weighted by Crippen LogP contribution is 2.35. The molecule has 0 saturated heterocycles. The minimum Gasteiger partial charge on any atom is -0.371 e. The van der Waals surface area contributed by atoms with Gasteiger partial charge in [0.2, 0.25) is 5.91 Å². The van der Waals surface area contributed by atoms with Gasteiger partial charge >= 0.3 is 0 Å². The molecule has 1 aromatic carbocycles. The number of carbonyl (C=O) groups excluding carboxylic acids is 1. The molecule has 8 heteroatoms. The van der Waals surface area contributed by atoms with Crippen molar-refractivity contribution in [2.45, 2.75) is 13.5 Å². The van der Waals surface area contributed by atoms with Crippen molar-refractivity contribution in [2.75, 3.05) is 12.4 Å². The van der Waals surface area contributed by atoms with Gasteiger partial charge in [-0.15, -0.1) is 0 Å². The molecule has 0 aliphatic rings. The van der Waals surface area contributed by atoms with Gasteiger partial charge in [0.15, 0.2) is 5.82 Å². The van der Waals surface area contributed by atoms with Gasteiger partial charge in [-0.1, -0.05) is 35.6 Å². The number of aromatic nitrogens is 4. The van der Waals surface area contributed by atoms with E-state index in [1.165, 1.54) is 6.92 Å². The molecule has 0 aliphatic heterocycles. The molecule has 0 fully saturated rings. The minimum atomic E-state index is -0.0353. The first-order valence-electron chi connectivity index (χ1n) is 8.20. The van der Waals surface area contributed by atoms with Crippen molar-refractivity contribution in [1.29, 1.82) is 0 Å². The van der Waals surface area contributed by atoms with Gasteiger partial charge in [0, 0.05) is 33.1 Å². The lowest BCUT2D eigenvalue weighted by Gasteiger charge is -2.03. The van der Waals surface area contributed by atoms with Crippen LogP contribution >= 0.6 is 11.3 Å². The summed E-state index contributed by atoms with van der Waals surface area (Å²) in [6.45, 7) is 2.04. The number of carbonyl (C=O) groups is 1. The smallest absolute Gasteiger partial charge is 0.217 e. The first-order chi connectivity index (χ1) is 12.6. The Kier molecular flexibility index (Phi) is 4.04. The number of nitrogens with zero attached hydrogens (tertiary/aromatic N) is 4. The van der Waals surface area contributed by atoms with Gasteiger partial charge in [-0.2, -0.15) is 0 Å². The molecule has 0 bridgehead atoms. The van der Waals surface area contributed by atoms with Crippen molar-refractivity contribution < 1.29 is 4.79 Å². The molecule has 3 aromatic heterocycles. The molecule has 0 atom stereocenters. The minimum absolute atomic E-state index is 0.0353. The summed E-state index contributed by atoms with van der Waals surface area (Å²) in [5, 5.41) is 6.82. The lowest BCUT2D eigenvalue weighted by molar-refractivity contribution is -0.119. The van der Waals surface area contributed by atoms with Crippen LogP contribution in [-0.4, -0.2) is 32.5 Å². The van der Waals surface area contributed by atoms with Gasteiger partial charge in [-0.05, 0) is 5.56 Å². The second-order valence-electron chi connectivity index (χ2n) is 6.04. The van der Waals surface area contributed by atoms with Crippen molar-refractivity contribution in [3.63, 3.8) is 0 Å². The lowest BCUT2D eigenvalue weighted by Crippen LogP contribution is -2.18. The summed E-state index contributed by atoms with van der Waals surface area (Å²) in [5.41, 5.74) is 4.74. The second-order valence-corrected chi connectivity index (χ2v) is 7.02. The third-order valence-electron chi connectivity index (χ3n) is 4.19. The number of benzene rings is 1. The number of hydrogen-bond donors (Lipinski definition) is 2. The van der Waals surface area contributed by atoms with Crippen LogP contribution in [0.5, 0.6) is 0 Å². The van der Waals surface area contributed by atoms with E-state index >= 15 is 0 Å². The fraction of sp³-hybridized carbons (Fsp3) is 0.222. The molecule has 2 N–H and O–H groups in total. The maximum absolute atomic E-state index is 11.0. The molecule has 0 unspecified atom stereocenters. The monoisotopic (exact) mass is 366 g/mol. The topological polar surface area (TPSA) is 84.7 Å². The van der Waals surface area contributed by atoms with Gasteiger partial charge < -0.3 is 15.2 Å². The Labute approximate surface area is 154 Å². The Balaban J connectivity index is 1.77. The van der Waals surface area contributed by atoms with Gasteiger partial charge in [0.25, 0.3) is 0 Å². The van der Waals surface area contributed by atoms with E-state index in [9.17, 15) is 4.79 Å². The summed E-state index contributed by atoms with van der Waals surface area (Å²) < 4.78 is 1.97. The highest BCUT2D eigenvalue weighted by atomic mass is 32.1. The van der Waals surface area contributed by atoms with Gasteiger partial charge in [-0.3, -0.25) is 4.79 Å². The van der Waals surface area contributed by atoms with Crippen LogP contribution in [0.3, 0.4) is 0 Å². The Morgan fingerprint density at radius 2 is 1.96 bits per heavy atom. The molecule has 132 valence electrons. The number of aryl methyl sites for hydroxylation is 1. The van der Waals surface area contributed by atoms with Crippen LogP contribution < -0.4 is 10.6 Å². The lowest BCUT2D eigenvalue weighted by atomic mass is 10.1. The third-order valence-corrected chi connectivity index (χ3v) is 5.19. The summed E-state index contributed by atoms with van der Waals surface area (Å²) in [5.74, 6) is 0.723. The Morgan fingerprint density at radius 3 is 2.65 bits per heavy atom. The van der Waals surface area contributed by atoms with Gasteiger partial charge in [0.05, 0.1) is 6.33 Å². The molecular weight excluding hydrogens is 348 g/mol. The Morgan fingerprint density at radius 1 is 1.19 bits per heavy atom. The average molecular weight is 366 g/mol. The van der Waals surface area contributed by atoms with Crippen LogP contribution in [0.1, 0.15) is 12.5 Å². The number of hydrogen-bond acceptors (Lipinski definition) is 6. The van der Waals surface area contributed by atoms with Gasteiger partial charge in [0.1, 0.15) is 26.4 Å². The van der Waals surface area contributed by atoms with Crippen LogP contribution in [0.2, 0.25) is 0 Å². The summed E-state index contributed by atoms with van der Waals surface area (Å²) in [6.07, 6.45) is 1.78. The fourth-order valence-corrected chi connectivity index (χ4v) is 3.82. The number of anilines is 1. The van der Waals surface area contributed by atoms with Crippen LogP contribution in [0.4, 0.5) is 5.82 Å². The summed E-state index contributed by atoms with van der Waals surface area (Å²) in [6, 6.07) is 8.05. The molecule has 3 heterocycles. The van der Waals surface area contributed by atoms with Crippen LogP contribution in [0.25, 0.3) is 32.0 Å². The number of pyridine rings is 1. The zero-order valence-electron chi connectivity index (χ0n) is 14.7. The first kappa shape index (κ1) is 16.5. The molecule has 26 heavy (non-hydrogen) atoms. The summed E-state index contributed by atoms with van der Waals surface area (Å²) in [4.78, 5) is 25.8.